The van der Waals surface area contributed by atoms with Gasteiger partial charge in [-0.3, -0.25) is 9.20 Å². The molecule has 0 aliphatic heterocycles. The Balaban J connectivity index is 1.91. The molecular weight excluding hydrogens is 368 g/mol. The Morgan fingerprint density at radius 3 is 2.91 bits per heavy atom. The molecule has 0 spiro atoms. The predicted molar refractivity (Wildman–Crippen MR) is 89.7 cm³/mol. The summed E-state index contributed by atoms with van der Waals surface area (Å²) in [4.78, 5) is 16.6. The molecular formula is C16H12BrClN2O2. The first kappa shape index (κ1) is 15.1. The van der Waals surface area contributed by atoms with Crippen LogP contribution in [0.1, 0.15) is 11.3 Å². The van der Waals surface area contributed by atoms with Crippen molar-refractivity contribution >= 4 is 33.2 Å². The summed E-state index contributed by atoms with van der Waals surface area (Å²) in [6.45, 7) is 2.13. The van der Waals surface area contributed by atoms with Gasteiger partial charge in [-0.1, -0.05) is 17.7 Å². The molecule has 0 N–H and O–H groups in total. The number of fused-ring (bicyclic) bond motifs is 1. The molecule has 0 atom stereocenters. The van der Waals surface area contributed by atoms with Crippen molar-refractivity contribution in [1.29, 1.82) is 0 Å². The van der Waals surface area contributed by atoms with E-state index in [4.69, 9.17) is 16.3 Å². The van der Waals surface area contributed by atoms with Gasteiger partial charge in [-0.2, -0.15) is 0 Å². The summed E-state index contributed by atoms with van der Waals surface area (Å²) in [7, 11) is 0. The van der Waals surface area contributed by atoms with Gasteiger partial charge in [0.1, 0.15) is 18.0 Å². The van der Waals surface area contributed by atoms with Crippen LogP contribution in [-0.4, -0.2) is 9.38 Å². The van der Waals surface area contributed by atoms with Crippen LogP contribution in [0.5, 0.6) is 5.75 Å². The van der Waals surface area contributed by atoms with Gasteiger partial charge in [0.25, 0.3) is 5.56 Å². The number of benzene rings is 1. The molecule has 3 aromatic rings. The van der Waals surface area contributed by atoms with Crippen molar-refractivity contribution in [2.45, 2.75) is 13.5 Å². The average Bonchev–Trinajstić information content (AvgIpc) is 2.47. The van der Waals surface area contributed by atoms with Crippen LogP contribution in [0.25, 0.3) is 5.65 Å². The summed E-state index contributed by atoms with van der Waals surface area (Å²) < 4.78 is 7.99. The minimum Gasteiger partial charge on any atom is -0.486 e. The first-order valence-electron chi connectivity index (χ1n) is 6.60. The zero-order valence-corrected chi connectivity index (χ0v) is 14.1. The zero-order chi connectivity index (χ0) is 15.7. The van der Waals surface area contributed by atoms with E-state index >= 15 is 0 Å². The van der Waals surface area contributed by atoms with Gasteiger partial charge in [0, 0.05) is 17.3 Å². The van der Waals surface area contributed by atoms with E-state index in [0.29, 0.717) is 22.1 Å². The maximum atomic E-state index is 12.1. The van der Waals surface area contributed by atoms with E-state index in [9.17, 15) is 4.79 Å². The number of halogens is 2. The summed E-state index contributed by atoms with van der Waals surface area (Å²) in [5.41, 5.74) is 2.04. The van der Waals surface area contributed by atoms with Gasteiger partial charge in [0.05, 0.1) is 10.2 Å². The number of aryl methyl sites for hydroxylation is 1. The Kier molecular flexibility index (Phi) is 4.18. The van der Waals surface area contributed by atoms with E-state index in [1.54, 1.807) is 24.4 Å². The fraction of sp³-hybridized carbons (Fsp3) is 0.125. The van der Waals surface area contributed by atoms with Crippen molar-refractivity contribution in [3.8, 4) is 5.75 Å². The molecule has 0 saturated heterocycles. The lowest BCUT2D eigenvalue weighted by Gasteiger charge is -2.09. The highest BCUT2D eigenvalue weighted by atomic mass is 79.9. The lowest BCUT2D eigenvalue weighted by atomic mass is 10.3. The van der Waals surface area contributed by atoms with Gasteiger partial charge in [-0.25, -0.2) is 4.98 Å². The fourth-order valence-electron chi connectivity index (χ4n) is 2.13. The molecule has 2 heterocycles. The molecule has 0 radical (unpaired) electrons. The molecule has 3 rings (SSSR count). The topological polar surface area (TPSA) is 43.6 Å². The highest BCUT2D eigenvalue weighted by Crippen LogP contribution is 2.28. The van der Waals surface area contributed by atoms with E-state index in [2.05, 4.69) is 20.9 Å². The Bertz CT molecular complexity index is 908. The second-order valence-corrected chi connectivity index (χ2v) is 6.12. The summed E-state index contributed by atoms with van der Waals surface area (Å²) >= 11 is 9.29. The largest absolute Gasteiger partial charge is 0.486 e. The Hall–Kier alpha value is -1.85. The maximum absolute atomic E-state index is 12.1. The van der Waals surface area contributed by atoms with Crippen LogP contribution < -0.4 is 10.3 Å². The first-order valence-corrected chi connectivity index (χ1v) is 7.77. The van der Waals surface area contributed by atoms with Crippen LogP contribution in [0.2, 0.25) is 5.02 Å². The quantitative estimate of drug-likeness (QED) is 0.691. The molecule has 1 aromatic carbocycles. The van der Waals surface area contributed by atoms with E-state index in [1.807, 2.05) is 19.1 Å². The molecule has 112 valence electrons. The van der Waals surface area contributed by atoms with E-state index in [0.717, 1.165) is 10.0 Å². The minimum absolute atomic E-state index is 0.123. The smallest absolute Gasteiger partial charge is 0.258 e. The van der Waals surface area contributed by atoms with Gasteiger partial charge >= 0.3 is 0 Å². The lowest BCUT2D eigenvalue weighted by Crippen LogP contribution is -2.17. The molecule has 0 saturated carbocycles. The molecule has 4 nitrogen and oxygen atoms in total. The predicted octanol–water partition coefficient (Wildman–Crippen LogP) is 4.00. The summed E-state index contributed by atoms with van der Waals surface area (Å²) in [6, 6.07) is 10.5. The van der Waals surface area contributed by atoms with Crippen molar-refractivity contribution in [2.24, 2.45) is 0 Å². The molecule has 0 aliphatic rings. The van der Waals surface area contributed by atoms with Crippen molar-refractivity contribution in [3.63, 3.8) is 0 Å². The van der Waals surface area contributed by atoms with Crippen LogP contribution in [0.4, 0.5) is 0 Å². The maximum Gasteiger partial charge on any atom is 0.258 e. The first-order chi connectivity index (χ1) is 10.5. The number of rotatable bonds is 3. The second-order valence-electron chi connectivity index (χ2n) is 4.83. The van der Waals surface area contributed by atoms with Gasteiger partial charge in [-0.05, 0) is 52.7 Å². The third-order valence-electron chi connectivity index (χ3n) is 3.21. The van der Waals surface area contributed by atoms with Crippen LogP contribution in [-0.2, 0) is 6.61 Å². The highest BCUT2D eigenvalue weighted by Gasteiger charge is 2.07. The molecule has 0 fully saturated rings. The third-order valence-corrected chi connectivity index (χ3v) is 4.06. The normalized spacial score (nSPS) is 10.9. The number of pyridine rings is 1. The van der Waals surface area contributed by atoms with Crippen LogP contribution >= 0.6 is 27.5 Å². The molecule has 22 heavy (non-hydrogen) atoms. The highest BCUT2D eigenvalue weighted by molar-refractivity contribution is 9.10. The van der Waals surface area contributed by atoms with Crippen LogP contribution in [0, 0.1) is 6.92 Å². The average molecular weight is 380 g/mol. The van der Waals surface area contributed by atoms with Crippen molar-refractivity contribution < 1.29 is 4.74 Å². The molecule has 0 unspecified atom stereocenters. The van der Waals surface area contributed by atoms with Crippen molar-refractivity contribution in [1.82, 2.24) is 9.38 Å². The zero-order valence-electron chi connectivity index (χ0n) is 11.7. The standard InChI is InChI=1S/C16H12BrClN2O2/c1-10-3-2-6-20-15(21)8-12(19-16(10)20)9-22-14-5-4-11(18)7-13(14)17/h2-8H,9H2,1H3. The van der Waals surface area contributed by atoms with Crippen molar-refractivity contribution in [2.75, 3.05) is 0 Å². The lowest BCUT2D eigenvalue weighted by molar-refractivity contribution is 0.299. The summed E-state index contributed by atoms with van der Waals surface area (Å²) in [6.07, 6.45) is 1.71. The minimum atomic E-state index is -0.123. The molecule has 0 aliphatic carbocycles. The third kappa shape index (κ3) is 3.00. The number of aromatic nitrogens is 2. The monoisotopic (exact) mass is 378 g/mol. The number of nitrogens with zero attached hydrogens (tertiary/aromatic N) is 2. The van der Waals surface area contributed by atoms with Gasteiger partial charge in [0.15, 0.2) is 0 Å². The van der Waals surface area contributed by atoms with Gasteiger partial charge < -0.3 is 4.74 Å². The SMILES string of the molecule is Cc1cccn2c(=O)cc(COc3ccc(Cl)cc3Br)nc12. The van der Waals surface area contributed by atoms with E-state index < -0.39 is 0 Å². The summed E-state index contributed by atoms with van der Waals surface area (Å²) in [5, 5.41) is 0.622. The fourth-order valence-corrected chi connectivity index (χ4v) is 2.92. The van der Waals surface area contributed by atoms with Gasteiger partial charge in [-0.15, -0.1) is 0 Å². The Labute approximate surface area is 140 Å². The van der Waals surface area contributed by atoms with Gasteiger partial charge in [0.2, 0.25) is 0 Å². The number of hydrogen-bond donors (Lipinski definition) is 0. The van der Waals surface area contributed by atoms with Crippen molar-refractivity contribution in [3.05, 3.63) is 73.7 Å². The molecule has 2 aromatic heterocycles. The number of hydrogen-bond acceptors (Lipinski definition) is 3. The van der Waals surface area contributed by atoms with Crippen LogP contribution in [0.3, 0.4) is 0 Å². The Morgan fingerprint density at radius 1 is 1.32 bits per heavy atom. The van der Waals surface area contributed by atoms with Crippen LogP contribution in [0.15, 0.2) is 51.9 Å². The molecule has 0 bridgehead atoms. The molecule has 0 amide bonds. The number of ether oxygens (including phenoxy) is 1. The summed E-state index contributed by atoms with van der Waals surface area (Å²) in [5.74, 6) is 0.649. The second kappa shape index (κ2) is 6.10. The Morgan fingerprint density at radius 2 is 2.14 bits per heavy atom. The molecule has 6 heteroatoms. The van der Waals surface area contributed by atoms with E-state index in [-0.39, 0.29) is 12.2 Å². The van der Waals surface area contributed by atoms with E-state index in [1.165, 1.54) is 10.5 Å².